The maximum absolute atomic E-state index is 3.71. The Kier molecular flexibility index (Phi) is 7.76. The van der Waals surface area contributed by atoms with E-state index in [1.165, 1.54) is 24.9 Å². The fourth-order valence-electron chi connectivity index (χ4n) is 2.68. The number of rotatable bonds is 9. The fourth-order valence-corrected chi connectivity index (χ4v) is 2.68. The minimum absolute atomic E-state index is 0.459. The van der Waals surface area contributed by atoms with Crippen molar-refractivity contribution >= 4 is 0 Å². The largest absolute Gasteiger partial charge is 0.310 e. The third kappa shape index (κ3) is 5.75. The van der Waals surface area contributed by atoms with Gasteiger partial charge in [0.2, 0.25) is 0 Å². The van der Waals surface area contributed by atoms with Gasteiger partial charge in [0.15, 0.2) is 0 Å². The molecular formula is C17H30N2. The van der Waals surface area contributed by atoms with Crippen LogP contribution in [0, 0.1) is 5.92 Å². The highest BCUT2D eigenvalue weighted by Crippen LogP contribution is 2.22. The molecule has 2 heteroatoms. The zero-order valence-electron chi connectivity index (χ0n) is 13.0. The van der Waals surface area contributed by atoms with Crippen molar-refractivity contribution in [3.63, 3.8) is 0 Å². The molecule has 0 heterocycles. The predicted octanol–water partition coefficient (Wildman–Crippen LogP) is 3.71. The third-order valence-corrected chi connectivity index (χ3v) is 3.55. The van der Waals surface area contributed by atoms with E-state index in [4.69, 9.17) is 0 Å². The lowest BCUT2D eigenvalue weighted by Gasteiger charge is -2.29. The quantitative estimate of drug-likeness (QED) is 0.730. The minimum atomic E-state index is 0.459. The SMILES string of the molecule is CCCNC(c1ccccc1)C(C)CN(C)CCC. The van der Waals surface area contributed by atoms with Crippen LogP contribution in [0.25, 0.3) is 0 Å². The average molecular weight is 262 g/mol. The van der Waals surface area contributed by atoms with Crippen LogP contribution in [-0.2, 0) is 0 Å². The molecule has 19 heavy (non-hydrogen) atoms. The summed E-state index contributed by atoms with van der Waals surface area (Å²) in [5, 5.41) is 3.71. The van der Waals surface area contributed by atoms with Gasteiger partial charge in [-0.05, 0) is 44.5 Å². The van der Waals surface area contributed by atoms with Crippen LogP contribution in [0.2, 0.25) is 0 Å². The molecule has 1 rings (SSSR count). The van der Waals surface area contributed by atoms with Gasteiger partial charge in [-0.2, -0.15) is 0 Å². The molecule has 0 spiro atoms. The molecule has 2 nitrogen and oxygen atoms in total. The second-order valence-electron chi connectivity index (χ2n) is 5.58. The Hall–Kier alpha value is -0.860. The highest BCUT2D eigenvalue weighted by atomic mass is 15.1. The molecule has 0 bridgehead atoms. The molecule has 1 aromatic rings. The van der Waals surface area contributed by atoms with Gasteiger partial charge in [0.25, 0.3) is 0 Å². The van der Waals surface area contributed by atoms with E-state index >= 15 is 0 Å². The first-order valence-electron chi connectivity index (χ1n) is 7.65. The van der Waals surface area contributed by atoms with Crippen LogP contribution in [0.15, 0.2) is 30.3 Å². The van der Waals surface area contributed by atoms with E-state index in [1.807, 2.05) is 0 Å². The van der Waals surface area contributed by atoms with Crippen molar-refractivity contribution in [2.45, 2.75) is 39.7 Å². The van der Waals surface area contributed by atoms with Crippen molar-refractivity contribution in [1.82, 2.24) is 10.2 Å². The first kappa shape index (κ1) is 16.2. The number of benzene rings is 1. The van der Waals surface area contributed by atoms with Crippen LogP contribution >= 0.6 is 0 Å². The van der Waals surface area contributed by atoms with Crippen molar-refractivity contribution in [2.24, 2.45) is 5.92 Å². The number of nitrogens with zero attached hydrogens (tertiary/aromatic N) is 1. The number of hydrogen-bond donors (Lipinski definition) is 1. The van der Waals surface area contributed by atoms with Gasteiger partial charge in [-0.1, -0.05) is 51.1 Å². The highest BCUT2D eigenvalue weighted by molar-refractivity contribution is 5.19. The molecule has 0 radical (unpaired) electrons. The van der Waals surface area contributed by atoms with Crippen LogP contribution in [-0.4, -0.2) is 31.6 Å². The number of hydrogen-bond acceptors (Lipinski definition) is 2. The molecule has 0 aliphatic carbocycles. The van der Waals surface area contributed by atoms with Gasteiger partial charge in [0, 0.05) is 12.6 Å². The zero-order chi connectivity index (χ0) is 14.1. The smallest absolute Gasteiger partial charge is 0.0358 e. The topological polar surface area (TPSA) is 15.3 Å². The lowest BCUT2D eigenvalue weighted by Crippen LogP contribution is -2.35. The van der Waals surface area contributed by atoms with Gasteiger partial charge < -0.3 is 10.2 Å². The Morgan fingerprint density at radius 3 is 2.37 bits per heavy atom. The van der Waals surface area contributed by atoms with E-state index < -0.39 is 0 Å². The summed E-state index contributed by atoms with van der Waals surface area (Å²) >= 11 is 0. The maximum atomic E-state index is 3.71. The first-order valence-corrected chi connectivity index (χ1v) is 7.65. The van der Waals surface area contributed by atoms with Crippen LogP contribution in [0.4, 0.5) is 0 Å². The summed E-state index contributed by atoms with van der Waals surface area (Å²) in [6.45, 7) is 10.2. The minimum Gasteiger partial charge on any atom is -0.310 e. The molecule has 0 saturated carbocycles. The maximum Gasteiger partial charge on any atom is 0.0358 e. The molecule has 0 aromatic heterocycles. The van der Waals surface area contributed by atoms with Crippen LogP contribution < -0.4 is 5.32 Å². The van der Waals surface area contributed by atoms with Gasteiger partial charge in [-0.15, -0.1) is 0 Å². The average Bonchev–Trinajstić information content (AvgIpc) is 2.40. The van der Waals surface area contributed by atoms with Crippen molar-refractivity contribution < 1.29 is 0 Å². The van der Waals surface area contributed by atoms with E-state index in [0.29, 0.717) is 12.0 Å². The molecule has 0 fully saturated rings. The first-order chi connectivity index (χ1) is 9.19. The standard InChI is InChI=1S/C17H30N2/c1-5-12-18-17(16-10-8-7-9-11-16)15(3)14-19(4)13-6-2/h7-11,15,17-18H,5-6,12-14H2,1-4H3. The third-order valence-electron chi connectivity index (χ3n) is 3.55. The fraction of sp³-hybridized carbons (Fsp3) is 0.647. The molecule has 0 aliphatic heterocycles. The van der Waals surface area contributed by atoms with Gasteiger partial charge in [-0.3, -0.25) is 0 Å². The summed E-state index contributed by atoms with van der Waals surface area (Å²) in [4.78, 5) is 2.44. The molecule has 1 aromatic carbocycles. The summed E-state index contributed by atoms with van der Waals surface area (Å²) in [6, 6.07) is 11.3. The van der Waals surface area contributed by atoms with Gasteiger partial charge in [-0.25, -0.2) is 0 Å². The van der Waals surface area contributed by atoms with Gasteiger partial charge >= 0.3 is 0 Å². The zero-order valence-corrected chi connectivity index (χ0v) is 13.0. The molecule has 108 valence electrons. The number of nitrogens with one attached hydrogen (secondary N) is 1. The van der Waals surface area contributed by atoms with Crippen molar-refractivity contribution in [2.75, 3.05) is 26.7 Å². The molecule has 1 N–H and O–H groups in total. The Morgan fingerprint density at radius 2 is 1.79 bits per heavy atom. The highest BCUT2D eigenvalue weighted by Gasteiger charge is 2.19. The Labute approximate surface area is 119 Å². The van der Waals surface area contributed by atoms with E-state index in [0.717, 1.165) is 13.1 Å². The molecule has 0 aliphatic rings. The van der Waals surface area contributed by atoms with Crippen LogP contribution in [0.1, 0.15) is 45.2 Å². The lowest BCUT2D eigenvalue weighted by atomic mass is 9.94. The second-order valence-corrected chi connectivity index (χ2v) is 5.58. The Balaban J connectivity index is 2.67. The monoisotopic (exact) mass is 262 g/mol. The molecule has 2 unspecified atom stereocenters. The normalized spacial score (nSPS) is 14.6. The van der Waals surface area contributed by atoms with Crippen molar-refractivity contribution in [1.29, 1.82) is 0 Å². The Bertz CT molecular complexity index is 323. The summed E-state index contributed by atoms with van der Waals surface area (Å²) < 4.78 is 0. The molecular weight excluding hydrogens is 232 g/mol. The summed E-state index contributed by atoms with van der Waals surface area (Å²) in [5.41, 5.74) is 1.41. The lowest BCUT2D eigenvalue weighted by molar-refractivity contribution is 0.247. The molecule has 0 amide bonds. The predicted molar refractivity (Wildman–Crippen MR) is 84.4 cm³/mol. The summed E-state index contributed by atoms with van der Waals surface area (Å²) in [7, 11) is 2.22. The van der Waals surface area contributed by atoms with Gasteiger partial charge in [0.05, 0.1) is 0 Å². The molecule has 0 saturated heterocycles. The van der Waals surface area contributed by atoms with Crippen molar-refractivity contribution in [3.05, 3.63) is 35.9 Å². The van der Waals surface area contributed by atoms with Crippen molar-refractivity contribution in [3.8, 4) is 0 Å². The van der Waals surface area contributed by atoms with E-state index in [9.17, 15) is 0 Å². The second kappa shape index (κ2) is 9.11. The van der Waals surface area contributed by atoms with E-state index in [1.54, 1.807) is 0 Å². The summed E-state index contributed by atoms with van der Waals surface area (Å²) in [6.07, 6.45) is 2.41. The van der Waals surface area contributed by atoms with Crippen LogP contribution in [0.3, 0.4) is 0 Å². The summed E-state index contributed by atoms with van der Waals surface area (Å²) in [5.74, 6) is 0.616. The molecule has 2 atom stereocenters. The Morgan fingerprint density at radius 1 is 1.11 bits per heavy atom. The van der Waals surface area contributed by atoms with E-state index in [2.05, 4.69) is 68.4 Å². The van der Waals surface area contributed by atoms with Gasteiger partial charge in [0.1, 0.15) is 0 Å². The van der Waals surface area contributed by atoms with E-state index in [-0.39, 0.29) is 0 Å². The van der Waals surface area contributed by atoms with Crippen LogP contribution in [0.5, 0.6) is 0 Å².